The zero-order valence-electron chi connectivity index (χ0n) is 14.1. The molecule has 0 aromatic carbocycles. The molecule has 1 heterocycles. The zero-order valence-corrected chi connectivity index (χ0v) is 14.1. The molecule has 21 heavy (non-hydrogen) atoms. The first-order valence-corrected chi connectivity index (χ1v) is 8.95. The highest BCUT2D eigenvalue weighted by Crippen LogP contribution is 2.66. The first kappa shape index (κ1) is 15.8. The summed E-state index contributed by atoms with van der Waals surface area (Å²) >= 11 is 0. The second-order valence-corrected chi connectivity index (χ2v) is 8.45. The lowest BCUT2D eigenvalue weighted by molar-refractivity contribution is -0.0798. The molecule has 3 fully saturated rings. The van der Waals surface area contributed by atoms with Gasteiger partial charge in [0.25, 0.3) is 0 Å². The van der Waals surface area contributed by atoms with Crippen molar-refractivity contribution in [2.45, 2.75) is 71.5 Å². The SMILES string of the molecule is CC1(C)[C@H]2CC[C@@]1(C)[C@@H](OC[C@H](O)CN1CCCCC1)C2. The standard InChI is InChI=1S/C18H33NO2/c1-17(2)14-7-8-18(17,3)16(11-14)21-13-15(20)12-19-9-5-4-6-10-19/h14-16,20H,4-13H2,1-3H3/t14-,15+,16-,18-/m0/s1. The zero-order chi connectivity index (χ0) is 15.1. The molecular weight excluding hydrogens is 262 g/mol. The number of ether oxygens (including phenoxy) is 1. The molecule has 0 aromatic heterocycles. The number of likely N-dealkylation sites (tertiary alicyclic amines) is 1. The van der Waals surface area contributed by atoms with E-state index < -0.39 is 0 Å². The Balaban J connectivity index is 1.47. The van der Waals surface area contributed by atoms with Crippen molar-refractivity contribution in [3.8, 4) is 0 Å². The van der Waals surface area contributed by atoms with Gasteiger partial charge in [-0.2, -0.15) is 0 Å². The maximum Gasteiger partial charge on any atom is 0.0900 e. The van der Waals surface area contributed by atoms with Crippen LogP contribution in [0.15, 0.2) is 0 Å². The largest absolute Gasteiger partial charge is 0.389 e. The molecule has 3 heteroatoms. The van der Waals surface area contributed by atoms with Crippen molar-refractivity contribution in [2.75, 3.05) is 26.2 Å². The fourth-order valence-electron chi connectivity index (χ4n) is 5.10. The summed E-state index contributed by atoms with van der Waals surface area (Å²) in [5.74, 6) is 0.812. The van der Waals surface area contributed by atoms with Gasteiger partial charge in [0, 0.05) is 6.54 Å². The van der Waals surface area contributed by atoms with E-state index in [-0.39, 0.29) is 6.10 Å². The number of piperidine rings is 1. The quantitative estimate of drug-likeness (QED) is 0.846. The smallest absolute Gasteiger partial charge is 0.0900 e. The lowest BCUT2D eigenvalue weighted by Crippen LogP contribution is -2.41. The molecular formula is C18H33NO2. The van der Waals surface area contributed by atoms with Crippen LogP contribution in [-0.4, -0.2) is 48.5 Å². The van der Waals surface area contributed by atoms with Crippen LogP contribution in [-0.2, 0) is 4.74 Å². The molecule has 0 aromatic rings. The number of rotatable bonds is 5. The van der Waals surface area contributed by atoms with Crippen LogP contribution in [0.1, 0.15) is 59.3 Å². The number of aliphatic hydroxyl groups is 1. The van der Waals surface area contributed by atoms with Gasteiger partial charge in [0.05, 0.1) is 18.8 Å². The highest BCUT2D eigenvalue weighted by Gasteiger charge is 2.61. The van der Waals surface area contributed by atoms with E-state index in [0.717, 1.165) is 25.6 Å². The molecule has 122 valence electrons. The van der Waals surface area contributed by atoms with Crippen LogP contribution >= 0.6 is 0 Å². The summed E-state index contributed by atoms with van der Waals surface area (Å²) in [6.07, 6.45) is 7.78. The average molecular weight is 295 g/mol. The average Bonchev–Trinajstić information content (AvgIpc) is 2.79. The van der Waals surface area contributed by atoms with E-state index in [1.165, 1.54) is 38.5 Å². The molecule has 3 rings (SSSR count). The third-order valence-electron chi connectivity index (χ3n) is 7.12. The van der Waals surface area contributed by atoms with Crippen molar-refractivity contribution in [3.05, 3.63) is 0 Å². The molecule has 0 spiro atoms. The number of nitrogens with zero attached hydrogens (tertiary/aromatic N) is 1. The Kier molecular flexibility index (Phi) is 4.37. The number of β-amino-alcohol motifs (C(OH)–C–C–N with tert-alkyl or cyclic N) is 1. The second-order valence-electron chi connectivity index (χ2n) is 8.45. The monoisotopic (exact) mass is 295 g/mol. The van der Waals surface area contributed by atoms with Gasteiger partial charge in [0.2, 0.25) is 0 Å². The highest BCUT2D eigenvalue weighted by atomic mass is 16.5. The van der Waals surface area contributed by atoms with E-state index in [4.69, 9.17) is 4.74 Å². The third kappa shape index (κ3) is 2.77. The fraction of sp³-hybridized carbons (Fsp3) is 1.00. The van der Waals surface area contributed by atoms with Crippen LogP contribution in [0.3, 0.4) is 0 Å². The molecule has 0 unspecified atom stereocenters. The molecule has 3 nitrogen and oxygen atoms in total. The van der Waals surface area contributed by atoms with Gasteiger partial charge in [-0.05, 0) is 61.9 Å². The number of hydrogen-bond acceptors (Lipinski definition) is 3. The van der Waals surface area contributed by atoms with E-state index in [1.54, 1.807) is 0 Å². The van der Waals surface area contributed by atoms with Crippen LogP contribution in [0.5, 0.6) is 0 Å². The number of aliphatic hydroxyl groups excluding tert-OH is 1. The van der Waals surface area contributed by atoms with Gasteiger partial charge < -0.3 is 14.7 Å². The molecule has 1 N–H and O–H groups in total. The van der Waals surface area contributed by atoms with Crippen molar-refractivity contribution in [3.63, 3.8) is 0 Å². The van der Waals surface area contributed by atoms with Crippen LogP contribution in [0.4, 0.5) is 0 Å². The van der Waals surface area contributed by atoms with Gasteiger partial charge in [-0.1, -0.05) is 27.2 Å². The van der Waals surface area contributed by atoms with Crippen molar-refractivity contribution >= 4 is 0 Å². The molecule has 0 radical (unpaired) electrons. The predicted molar refractivity (Wildman–Crippen MR) is 85.3 cm³/mol. The summed E-state index contributed by atoms with van der Waals surface area (Å²) in [4.78, 5) is 2.39. The summed E-state index contributed by atoms with van der Waals surface area (Å²) in [5, 5.41) is 10.3. The van der Waals surface area contributed by atoms with Gasteiger partial charge >= 0.3 is 0 Å². The predicted octanol–water partition coefficient (Wildman–Crippen LogP) is 3.06. The topological polar surface area (TPSA) is 32.7 Å². The lowest BCUT2D eigenvalue weighted by Gasteiger charge is -2.39. The van der Waals surface area contributed by atoms with Gasteiger partial charge in [-0.25, -0.2) is 0 Å². The first-order chi connectivity index (χ1) is 9.93. The Morgan fingerprint density at radius 3 is 2.48 bits per heavy atom. The molecule has 1 saturated heterocycles. The first-order valence-electron chi connectivity index (χ1n) is 8.95. The fourth-order valence-corrected chi connectivity index (χ4v) is 5.10. The third-order valence-corrected chi connectivity index (χ3v) is 7.12. The molecule has 2 bridgehead atoms. The summed E-state index contributed by atoms with van der Waals surface area (Å²) in [7, 11) is 0. The lowest BCUT2D eigenvalue weighted by atomic mass is 9.70. The summed E-state index contributed by atoms with van der Waals surface area (Å²) in [6.45, 7) is 10.8. The van der Waals surface area contributed by atoms with Gasteiger partial charge in [0.1, 0.15) is 0 Å². The Labute approximate surface area is 130 Å². The Bertz CT molecular complexity index is 364. The van der Waals surface area contributed by atoms with E-state index in [1.807, 2.05) is 0 Å². The van der Waals surface area contributed by atoms with Crippen molar-refractivity contribution in [2.24, 2.45) is 16.7 Å². The molecule has 0 amide bonds. The minimum absolute atomic E-state index is 0.308. The highest BCUT2D eigenvalue weighted by molar-refractivity contribution is 5.11. The van der Waals surface area contributed by atoms with Crippen LogP contribution in [0.2, 0.25) is 0 Å². The van der Waals surface area contributed by atoms with Gasteiger partial charge in [-0.3, -0.25) is 0 Å². The van der Waals surface area contributed by atoms with Gasteiger partial charge in [-0.15, -0.1) is 0 Å². The molecule has 1 aliphatic heterocycles. The summed E-state index contributed by atoms with van der Waals surface area (Å²) in [5.41, 5.74) is 0.706. The second kappa shape index (κ2) is 5.82. The van der Waals surface area contributed by atoms with Crippen molar-refractivity contribution in [1.29, 1.82) is 0 Å². The van der Waals surface area contributed by atoms with E-state index in [2.05, 4.69) is 25.7 Å². The van der Waals surface area contributed by atoms with E-state index in [9.17, 15) is 5.11 Å². The van der Waals surface area contributed by atoms with E-state index in [0.29, 0.717) is 23.5 Å². The summed E-state index contributed by atoms with van der Waals surface area (Å²) < 4.78 is 6.20. The van der Waals surface area contributed by atoms with Crippen LogP contribution in [0, 0.1) is 16.7 Å². The van der Waals surface area contributed by atoms with Gasteiger partial charge in [0.15, 0.2) is 0 Å². The number of fused-ring (bicyclic) bond motifs is 2. The van der Waals surface area contributed by atoms with E-state index >= 15 is 0 Å². The molecule has 2 aliphatic carbocycles. The van der Waals surface area contributed by atoms with Crippen LogP contribution < -0.4 is 0 Å². The Hall–Kier alpha value is -0.120. The van der Waals surface area contributed by atoms with Crippen LogP contribution in [0.25, 0.3) is 0 Å². The molecule has 3 aliphatic rings. The van der Waals surface area contributed by atoms with Crippen molar-refractivity contribution in [1.82, 2.24) is 4.90 Å². The summed E-state index contributed by atoms with van der Waals surface area (Å²) in [6, 6.07) is 0. The maximum atomic E-state index is 10.3. The molecule has 4 atom stereocenters. The minimum atomic E-state index is -0.325. The normalized spacial score (nSPS) is 40.6. The maximum absolute atomic E-state index is 10.3. The Morgan fingerprint density at radius 1 is 1.19 bits per heavy atom. The Morgan fingerprint density at radius 2 is 1.90 bits per heavy atom. The number of hydrogen-bond donors (Lipinski definition) is 1. The van der Waals surface area contributed by atoms with Crippen molar-refractivity contribution < 1.29 is 9.84 Å². The minimum Gasteiger partial charge on any atom is -0.389 e. The molecule has 2 saturated carbocycles.